The SMILES string of the molecule is O=C1S/C(=C\c2ccc(OCc3c(F)cccc3Cl)cc2)C(=O)N1CCOc1cccc2ccccc12. The van der Waals surface area contributed by atoms with E-state index in [0.29, 0.717) is 21.4 Å². The standard InChI is InChI=1S/C29H21ClFNO4S/c30-24-8-4-9-25(31)23(24)18-36-21-13-11-19(12-14-21)17-27-28(33)32(29(34)37-27)15-16-35-26-10-3-6-20-5-1-2-7-22(20)26/h1-14,17H,15-16,18H2/b27-17-. The predicted molar refractivity (Wildman–Crippen MR) is 144 cm³/mol. The van der Waals surface area contributed by atoms with Gasteiger partial charge >= 0.3 is 0 Å². The first kappa shape index (κ1) is 24.9. The number of hydrogen-bond donors (Lipinski definition) is 0. The fraction of sp³-hybridized carbons (Fsp3) is 0.103. The molecule has 186 valence electrons. The van der Waals surface area contributed by atoms with E-state index >= 15 is 0 Å². The van der Waals surface area contributed by atoms with Gasteiger partial charge in [-0.15, -0.1) is 0 Å². The lowest BCUT2D eigenvalue weighted by Gasteiger charge is -2.14. The second kappa shape index (κ2) is 11.1. The molecule has 0 atom stereocenters. The summed E-state index contributed by atoms with van der Waals surface area (Å²) >= 11 is 6.93. The molecule has 4 aromatic carbocycles. The summed E-state index contributed by atoms with van der Waals surface area (Å²) in [4.78, 5) is 26.9. The van der Waals surface area contributed by atoms with Gasteiger partial charge in [0, 0.05) is 10.9 Å². The largest absolute Gasteiger partial charge is 0.491 e. The summed E-state index contributed by atoms with van der Waals surface area (Å²) in [6.45, 7) is 0.332. The molecule has 0 radical (unpaired) electrons. The van der Waals surface area contributed by atoms with E-state index in [-0.39, 0.29) is 36.5 Å². The number of rotatable bonds is 8. The number of thioether (sulfide) groups is 1. The minimum absolute atomic E-state index is 0.00934. The number of benzene rings is 4. The van der Waals surface area contributed by atoms with Crippen LogP contribution in [0.2, 0.25) is 5.02 Å². The molecule has 0 bridgehead atoms. The van der Waals surface area contributed by atoms with E-state index in [1.807, 2.05) is 42.5 Å². The van der Waals surface area contributed by atoms with E-state index < -0.39 is 5.82 Å². The van der Waals surface area contributed by atoms with Gasteiger partial charge in [-0.3, -0.25) is 14.5 Å². The first-order valence-corrected chi connectivity index (χ1v) is 12.7. The molecule has 1 saturated heterocycles. The maximum Gasteiger partial charge on any atom is 0.293 e. The van der Waals surface area contributed by atoms with Crippen molar-refractivity contribution in [3.63, 3.8) is 0 Å². The molecule has 1 aliphatic rings. The Bertz CT molecular complexity index is 1480. The Morgan fingerprint density at radius 3 is 2.46 bits per heavy atom. The number of hydrogen-bond acceptors (Lipinski definition) is 5. The third-order valence-electron chi connectivity index (χ3n) is 5.82. The maximum atomic E-state index is 13.9. The van der Waals surface area contributed by atoms with Crippen LogP contribution in [0, 0.1) is 5.82 Å². The van der Waals surface area contributed by atoms with Crippen molar-refractivity contribution in [3.8, 4) is 11.5 Å². The van der Waals surface area contributed by atoms with Gasteiger partial charge in [0.1, 0.15) is 30.5 Å². The van der Waals surface area contributed by atoms with Gasteiger partial charge in [0.2, 0.25) is 0 Å². The van der Waals surface area contributed by atoms with E-state index in [0.717, 1.165) is 28.1 Å². The lowest BCUT2D eigenvalue weighted by molar-refractivity contribution is -0.123. The average molecular weight is 534 g/mol. The molecule has 0 spiro atoms. The molecule has 37 heavy (non-hydrogen) atoms. The predicted octanol–water partition coefficient (Wildman–Crippen LogP) is 7.33. The number of halogens is 2. The minimum Gasteiger partial charge on any atom is -0.491 e. The normalized spacial score (nSPS) is 14.5. The van der Waals surface area contributed by atoms with Crippen molar-refractivity contribution in [2.75, 3.05) is 13.2 Å². The molecule has 5 nitrogen and oxygen atoms in total. The van der Waals surface area contributed by atoms with E-state index in [4.69, 9.17) is 21.1 Å². The van der Waals surface area contributed by atoms with Gasteiger partial charge in [-0.2, -0.15) is 0 Å². The quantitative estimate of drug-likeness (QED) is 0.222. The van der Waals surface area contributed by atoms with Gasteiger partial charge in [-0.1, -0.05) is 66.2 Å². The number of nitrogens with zero attached hydrogens (tertiary/aromatic N) is 1. The maximum absolute atomic E-state index is 13.9. The second-order valence-corrected chi connectivity index (χ2v) is 9.62. The number of carbonyl (C=O) groups excluding carboxylic acids is 2. The molecule has 1 fully saturated rings. The van der Waals surface area contributed by atoms with Crippen molar-refractivity contribution >= 4 is 51.4 Å². The van der Waals surface area contributed by atoms with Crippen LogP contribution in [0.3, 0.4) is 0 Å². The van der Waals surface area contributed by atoms with Crippen molar-refractivity contribution in [1.82, 2.24) is 4.90 Å². The first-order chi connectivity index (χ1) is 18.0. The van der Waals surface area contributed by atoms with Crippen LogP contribution in [0.5, 0.6) is 11.5 Å². The van der Waals surface area contributed by atoms with Gasteiger partial charge in [0.05, 0.1) is 16.5 Å². The lowest BCUT2D eigenvalue weighted by atomic mass is 10.1. The summed E-state index contributed by atoms with van der Waals surface area (Å²) in [6, 6.07) is 25.1. The molecule has 2 amide bonds. The van der Waals surface area contributed by atoms with Crippen molar-refractivity contribution < 1.29 is 23.5 Å². The van der Waals surface area contributed by atoms with Gasteiger partial charge in [0.15, 0.2) is 0 Å². The average Bonchev–Trinajstić information content (AvgIpc) is 3.16. The minimum atomic E-state index is -0.428. The van der Waals surface area contributed by atoms with Crippen LogP contribution >= 0.6 is 23.4 Å². The van der Waals surface area contributed by atoms with Crippen LogP contribution in [0.4, 0.5) is 9.18 Å². The molecule has 4 aromatic rings. The topological polar surface area (TPSA) is 55.8 Å². The highest BCUT2D eigenvalue weighted by atomic mass is 35.5. The van der Waals surface area contributed by atoms with Crippen LogP contribution in [0.1, 0.15) is 11.1 Å². The van der Waals surface area contributed by atoms with E-state index in [1.54, 1.807) is 36.4 Å². The number of fused-ring (bicyclic) bond motifs is 1. The van der Waals surface area contributed by atoms with E-state index in [9.17, 15) is 14.0 Å². The summed E-state index contributed by atoms with van der Waals surface area (Å²) in [5.74, 6) is 0.448. The fourth-order valence-corrected chi connectivity index (χ4v) is 4.98. The molecule has 0 N–H and O–H groups in total. The molecule has 0 saturated carbocycles. The van der Waals surface area contributed by atoms with Crippen LogP contribution in [0.25, 0.3) is 16.8 Å². The molecular weight excluding hydrogens is 513 g/mol. The highest BCUT2D eigenvalue weighted by Crippen LogP contribution is 2.33. The van der Waals surface area contributed by atoms with Crippen molar-refractivity contribution in [2.45, 2.75) is 6.61 Å². The van der Waals surface area contributed by atoms with E-state index in [1.165, 1.54) is 17.0 Å². The molecule has 1 heterocycles. The number of imide groups is 1. The smallest absolute Gasteiger partial charge is 0.293 e. The van der Waals surface area contributed by atoms with Crippen LogP contribution < -0.4 is 9.47 Å². The van der Waals surface area contributed by atoms with Gasteiger partial charge < -0.3 is 9.47 Å². The zero-order chi connectivity index (χ0) is 25.8. The number of carbonyl (C=O) groups is 2. The summed E-state index contributed by atoms with van der Waals surface area (Å²) in [5, 5.41) is 2.00. The molecule has 0 aliphatic carbocycles. The van der Waals surface area contributed by atoms with Gasteiger partial charge in [-0.05, 0) is 59.1 Å². The number of amides is 2. The number of ether oxygens (including phenoxy) is 2. The third-order valence-corrected chi connectivity index (χ3v) is 7.08. The second-order valence-electron chi connectivity index (χ2n) is 8.22. The Labute approximate surface area is 222 Å². The fourth-order valence-electron chi connectivity index (χ4n) is 3.90. The molecule has 5 rings (SSSR count). The summed E-state index contributed by atoms with van der Waals surface area (Å²) < 4.78 is 25.5. The molecular formula is C29H21ClFNO4S. The van der Waals surface area contributed by atoms with E-state index in [2.05, 4.69) is 0 Å². The Morgan fingerprint density at radius 2 is 1.65 bits per heavy atom. The Hall–Kier alpha value is -3.81. The van der Waals surface area contributed by atoms with Gasteiger partial charge in [-0.25, -0.2) is 4.39 Å². The Kier molecular flexibility index (Phi) is 7.44. The molecule has 0 unspecified atom stereocenters. The summed E-state index contributed by atoms with van der Waals surface area (Å²) in [7, 11) is 0. The molecule has 1 aliphatic heterocycles. The highest BCUT2D eigenvalue weighted by molar-refractivity contribution is 8.18. The summed E-state index contributed by atoms with van der Waals surface area (Å²) in [6.07, 6.45) is 1.66. The van der Waals surface area contributed by atoms with Crippen molar-refractivity contribution in [3.05, 3.63) is 112 Å². The van der Waals surface area contributed by atoms with Crippen LogP contribution in [0.15, 0.2) is 89.8 Å². The monoisotopic (exact) mass is 533 g/mol. The van der Waals surface area contributed by atoms with Crippen molar-refractivity contribution in [1.29, 1.82) is 0 Å². The van der Waals surface area contributed by atoms with Crippen LogP contribution in [-0.4, -0.2) is 29.2 Å². The highest BCUT2D eigenvalue weighted by Gasteiger charge is 2.34. The Balaban J connectivity index is 1.19. The Morgan fingerprint density at radius 1 is 0.892 bits per heavy atom. The zero-order valence-electron chi connectivity index (χ0n) is 19.5. The van der Waals surface area contributed by atoms with Crippen molar-refractivity contribution in [2.24, 2.45) is 0 Å². The third kappa shape index (κ3) is 5.63. The zero-order valence-corrected chi connectivity index (χ0v) is 21.1. The van der Waals surface area contributed by atoms with Gasteiger partial charge in [0.25, 0.3) is 11.1 Å². The van der Waals surface area contributed by atoms with Crippen LogP contribution in [-0.2, 0) is 11.4 Å². The molecule has 0 aromatic heterocycles. The molecule has 8 heteroatoms. The first-order valence-electron chi connectivity index (χ1n) is 11.5. The summed E-state index contributed by atoms with van der Waals surface area (Å²) in [5.41, 5.74) is 1.01. The lowest BCUT2D eigenvalue weighted by Crippen LogP contribution is -2.32.